The van der Waals surface area contributed by atoms with Gasteiger partial charge in [0.2, 0.25) is 0 Å². The first kappa shape index (κ1) is 20.0. The van der Waals surface area contributed by atoms with Gasteiger partial charge in [-0.25, -0.2) is 9.37 Å². The van der Waals surface area contributed by atoms with Gasteiger partial charge >= 0.3 is 0 Å². The smallest absolute Gasteiger partial charge is 0.272 e. The van der Waals surface area contributed by atoms with Crippen LogP contribution in [0, 0.1) is 12.7 Å². The molecular formula is C23H21FN4OS. The lowest BCUT2D eigenvalue weighted by atomic mass is 10.1. The van der Waals surface area contributed by atoms with Crippen LogP contribution in [-0.2, 0) is 13.0 Å². The number of hydrogen-bond donors (Lipinski definition) is 2. The van der Waals surface area contributed by atoms with Crippen molar-refractivity contribution in [3.63, 3.8) is 0 Å². The van der Waals surface area contributed by atoms with Gasteiger partial charge < -0.3 is 5.32 Å². The first-order chi connectivity index (χ1) is 14.5. The van der Waals surface area contributed by atoms with Crippen LogP contribution < -0.4 is 5.32 Å². The molecule has 0 aliphatic heterocycles. The Hall–Kier alpha value is -3.32. The first-order valence-electron chi connectivity index (χ1n) is 9.68. The molecule has 0 aliphatic carbocycles. The summed E-state index contributed by atoms with van der Waals surface area (Å²) in [6, 6.07) is 16.1. The minimum Gasteiger partial charge on any atom is -0.347 e. The summed E-state index contributed by atoms with van der Waals surface area (Å²) in [7, 11) is 0. The number of amides is 1. The molecule has 4 aromatic rings. The molecule has 2 N–H and O–H groups in total. The van der Waals surface area contributed by atoms with Crippen molar-refractivity contribution in [3.8, 4) is 21.1 Å². The Balaban J connectivity index is 1.46. The normalized spacial score (nSPS) is 10.9. The highest BCUT2D eigenvalue weighted by Crippen LogP contribution is 2.34. The van der Waals surface area contributed by atoms with E-state index in [0.717, 1.165) is 38.8 Å². The van der Waals surface area contributed by atoms with Crippen LogP contribution in [0.15, 0.2) is 54.6 Å². The molecule has 1 amide bonds. The molecule has 0 unspecified atom stereocenters. The summed E-state index contributed by atoms with van der Waals surface area (Å²) in [4.78, 5) is 18.0. The molecule has 7 heteroatoms. The molecule has 0 aliphatic rings. The van der Waals surface area contributed by atoms with Gasteiger partial charge in [-0.3, -0.25) is 9.89 Å². The Morgan fingerprint density at radius 2 is 1.80 bits per heavy atom. The third kappa shape index (κ3) is 4.31. The van der Waals surface area contributed by atoms with Gasteiger partial charge in [-0.1, -0.05) is 31.2 Å². The van der Waals surface area contributed by atoms with E-state index in [0.29, 0.717) is 12.2 Å². The summed E-state index contributed by atoms with van der Waals surface area (Å²) in [5, 5.41) is 10.8. The predicted octanol–water partition coefficient (Wildman–Crippen LogP) is 5.14. The Morgan fingerprint density at radius 1 is 1.10 bits per heavy atom. The number of aryl methyl sites for hydroxylation is 2. The monoisotopic (exact) mass is 420 g/mol. The number of hydrogen-bond acceptors (Lipinski definition) is 4. The number of aromatic nitrogens is 3. The summed E-state index contributed by atoms with van der Waals surface area (Å²) in [5.74, 6) is -0.518. The maximum atomic E-state index is 13.2. The molecule has 30 heavy (non-hydrogen) atoms. The zero-order valence-electron chi connectivity index (χ0n) is 16.7. The number of halogens is 1. The van der Waals surface area contributed by atoms with Gasteiger partial charge in [-0.05, 0) is 54.8 Å². The van der Waals surface area contributed by atoms with Crippen molar-refractivity contribution in [1.29, 1.82) is 0 Å². The van der Waals surface area contributed by atoms with Crippen LogP contribution in [0.25, 0.3) is 21.1 Å². The number of carbonyl (C=O) groups is 1. The number of benzene rings is 2. The summed E-state index contributed by atoms with van der Waals surface area (Å²) in [5.41, 5.74) is 5.04. The molecule has 5 nitrogen and oxygen atoms in total. The number of thiazole rings is 1. The zero-order valence-corrected chi connectivity index (χ0v) is 17.5. The first-order valence-corrected chi connectivity index (χ1v) is 10.5. The van der Waals surface area contributed by atoms with Crippen molar-refractivity contribution in [2.75, 3.05) is 0 Å². The van der Waals surface area contributed by atoms with Gasteiger partial charge in [-0.2, -0.15) is 5.10 Å². The van der Waals surface area contributed by atoms with E-state index in [4.69, 9.17) is 0 Å². The second-order valence-corrected chi connectivity index (χ2v) is 7.96. The summed E-state index contributed by atoms with van der Waals surface area (Å²) in [6.07, 6.45) is 0.989. The molecule has 0 spiro atoms. The van der Waals surface area contributed by atoms with E-state index in [9.17, 15) is 9.18 Å². The van der Waals surface area contributed by atoms with E-state index < -0.39 is 0 Å². The molecule has 0 bridgehead atoms. The highest BCUT2D eigenvalue weighted by Gasteiger charge is 2.16. The molecule has 0 atom stereocenters. The topological polar surface area (TPSA) is 70.7 Å². The van der Waals surface area contributed by atoms with E-state index >= 15 is 0 Å². The van der Waals surface area contributed by atoms with Crippen molar-refractivity contribution >= 4 is 17.2 Å². The molecule has 4 rings (SSSR count). The average Bonchev–Trinajstić information content (AvgIpc) is 3.40. The Labute approximate surface area is 178 Å². The molecule has 2 aromatic heterocycles. The van der Waals surface area contributed by atoms with Gasteiger partial charge in [-0.15, -0.1) is 11.3 Å². The number of carbonyl (C=O) groups excluding carboxylic acids is 1. The van der Waals surface area contributed by atoms with E-state index in [1.54, 1.807) is 18.2 Å². The van der Waals surface area contributed by atoms with Crippen LogP contribution in [0.4, 0.5) is 4.39 Å². The Bertz CT molecular complexity index is 1160. The minimum atomic E-state index is -0.280. The molecule has 2 aromatic carbocycles. The lowest BCUT2D eigenvalue weighted by Gasteiger charge is -2.04. The van der Waals surface area contributed by atoms with Crippen LogP contribution in [0.2, 0.25) is 0 Å². The lowest BCUT2D eigenvalue weighted by molar-refractivity contribution is 0.0946. The molecule has 0 saturated heterocycles. The maximum Gasteiger partial charge on any atom is 0.272 e. The molecule has 0 fully saturated rings. The largest absolute Gasteiger partial charge is 0.347 e. The van der Waals surface area contributed by atoms with Crippen molar-refractivity contribution < 1.29 is 9.18 Å². The van der Waals surface area contributed by atoms with Gasteiger partial charge in [0.25, 0.3) is 5.91 Å². The van der Waals surface area contributed by atoms with Crippen molar-refractivity contribution in [2.45, 2.75) is 26.8 Å². The standard InChI is InChI=1S/C23H21FN4OS/c1-3-15-4-6-16(7-5-15)13-25-22(29)20-12-19(27-28-20)21-14(2)26-23(30-21)17-8-10-18(24)11-9-17/h4-12H,3,13H2,1-2H3,(H,25,29)(H,27,28). The summed E-state index contributed by atoms with van der Waals surface area (Å²) in [6.45, 7) is 4.46. The van der Waals surface area contributed by atoms with E-state index in [-0.39, 0.29) is 11.7 Å². The van der Waals surface area contributed by atoms with Crippen LogP contribution in [0.1, 0.15) is 34.2 Å². The van der Waals surface area contributed by atoms with Gasteiger partial charge in [0.15, 0.2) is 5.69 Å². The van der Waals surface area contributed by atoms with Crippen molar-refractivity contribution in [2.24, 2.45) is 0 Å². The average molecular weight is 421 g/mol. The predicted molar refractivity (Wildman–Crippen MR) is 117 cm³/mol. The minimum absolute atomic E-state index is 0.238. The van der Waals surface area contributed by atoms with Gasteiger partial charge in [0.1, 0.15) is 10.8 Å². The second-order valence-electron chi connectivity index (χ2n) is 6.96. The molecule has 2 heterocycles. The quantitative estimate of drug-likeness (QED) is 0.454. The van der Waals surface area contributed by atoms with Crippen LogP contribution in [0.3, 0.4) is 0 Å². The zero-order chi connectivity index (χ0) is 21.1. The number of H-pyrrole nitrogens is 1. The van der Waals surface area contributed by atoms with Crippen molar-refractivity contribution in [3.05, 3.63) is 82.9 Å². The molecule has 0 radical (unpaired) electrons. The fraction of sp³-hybridized carbons (Fsp3) is 0.174. The summed E-state index contributed by atoms with van der Waals surface area (Å²) < 4.78 is 13.2. The van der Waals surface area contributed by atoms with Gasteiger partial charge in [0, 0.05) is 12.1 Å². The third-order valence-electron chi connectivity index (χ3n) is 4.83. The van der Waals surface area contributed by atoms with E-state index in [1.165, 1.54) is 29.0 Å². The Morgan fingerprint density at radius 3 is 2.50 bits per heavy atom. The fourth-order valence-corrected chi connectivity index (χ4v) is 4.12. The maximum absolute atomic E-state index is 13.2. The highest BCUT2D eigenvalue weighted by atomic mass is 32.1. The number of nitrogens with one attached hydrogen (secondary N) is 2. The number of nitrogens with zero attached hydrogens (tertiary/aromatic N) is 2. The molecule has 152 valence electrons. The fourth-order valence-electron chi connectivity index (χ4n) is 3.08. The van der Waals surface area contributed by atoms with E-state index in [1.807, 2.05) is 19.1 Å². The van der Waals surface area contributed by atoms with Crippen LogP contribution in [0.5, 0.6) is 0 Å². The SMILES string of the molecule is CCc1ccc(CNC(=O)c2cc(-c3sc(-c4ccc(F)cc4)nc3C)[nH]n2)cc1. The summed E-state index contributed by atoms with van der Waals surface area (Å²) >= 11 is 1.47. The second kappa shape index (κ2) is 8.59. The van der Waals surface area contributed by atoms with E-state index in [2.05, 4.69) is 39.6 Å². The Kier molecular flexibility index (Phi) is 5.72. The molecule has 0 saturated carbocycles. The molecular weight excluding hydrogens is 399 g/mol. The number of rotatable bonds is 6. The lowest BCUT2D eigenvalue weighted by Crippen LogP contribution is -2.23. The third-order valence-corrected chi connectivity index (χ3v) is 6.07. The van der Waals surface area contributed by atoms with Crippen molar-refractivity contribution in [1.82, 2.24) is 20.5 Å². The van der Waals surface area contributed by atoms with Crippen LogP contribution >= 0.6 is 11.3 Å². The van der Waals surface area contributed by atoms with Gasteiger partial charge in [0.05, 0.1) is 16.3 Å². The highest BCUT2D eigenvalue weighted by molar-refractivity contribution is 7.18. The van der Waals surface area contributed by atoms with Crippen LogP contribution in [-0.4, -0.2) is 21.1 Å². The number of aromatic amines is 1.